The summed E-state index contributed by atoms with van der Waals surface area (Å²) >= 11 is 0. The summed E-state index contributed by atoms with van der Waals surface area (Å²) in [6.07, 6.45) is 9.51. The van der Waals surface area contributed by atoms with E-state index in [4.69, 9.17) is 4.42 Å². The molecule has 23 heavy (non-hydrogen) atoms. The van der Waals surface area contributed by atoms with E-state index >= 15 is 0 Å². The largest absolute Gasteiger partial charge is 0.472 e. The molecule has 0 spiro atoms. The molecule has 1 amide bonds. The van der Waals surface area contributed by atoms with E-state index in [-0.39, 0.29) is 5.91 Å². The van der Waals surface area contributed by atoms with Crippen molar-refractivity contribution in [1.82, 2.24) is 19.4 Å². The predicted octanol–water partition coefficient (Wildman–Crippen LogP) is 1.84. The van der Waals surface area contributed by atoms with Gasteiger partial charge < -0.3 is 18.8 Å². The molecule has 0 aliphatic carbocycles. The van der Waals surface area contributed by atoms with E-state index in [1.807, 2.05) is 17.3 Å². The number of furan rings is 1. The third-order valence-corrected chi connectivity index (χ3v) is 4.84. The second kappa shape index (κ2) is 6.20. The van der Waals surface area contributed by atoms with Crippen molar-refractivity contribution in [2.24, 2.45) is 5.92 Å². The Morgan fingerprint density at radius 1 is 1.30 bits per heavy atom. The number of aromatic nitrogens is 2. The van der Waals surface area contributed by atoms with Crippen LogP contribution in [-0.4, -0.2) is 51.4 Å². The van der Waals surface area contributed by atoms with Gasteiger partial charge in [-0.3, -0.25) is 4.79 Å². The number of fused-ring (bicyclic) bond motifs is 1. The molecule has 0 radical (unpaired) electrons. The minimum atomic E-state index is 0.0293. The van der Waals surface area contributed by atoms with Crippen molar-refractivity contribution in [2.75, 3.05) is 26.2 Å². The summed E-state index contributed by atoms with van der Waals surface area (Å²) in [6.45, 7) is 5.68. The zero-order valence-electron chi connectivity index (χ0n) is 13.2. The van der Waals surface area contributed by atoms with Crippen molar-refractivity contribution in [3.63, 3.8) is 0 Å². The number of hydrogen-bond donors (Lipinski definition) is 0. The Morgan fingerprint density at radius 2 is 2.17 bits per heavy atom. The van der Waals surface area contributed by atoms with E-state index in [1.54, 1.807) is 12.3 Å². The van der Waals surface area contributed by atoms with Crippen molar-refractivity contribution in [1.29, 1.82) is 0 Å². The average Bonchev–Trinajstić information content (AvgIpc) is 3.28. The van der Waals surface area contributed by atoms with Crippen LogP contribution >= 0.6 is 0 Å². The van der Waals surface area contributed by atoms with Gasteiger partial charge in [-0.25, -0.2) is 4.98 Å². The third-order valence-electron chi connectivity index (χ3n) is 4.84. The van der Waals surface area contributed by atoms with Crippen LogP contribution in [0.25, 0.3) is 0 Å². The van der Waals surface area contributed by atoms with E-state index in [2.05, 4.69) is 14.5 Å². The molecule has 0 N–H and O–H groups in total. The van der Waals surface area contributed by atoms with Gasteiger partial charge in [0.2, 0.25) is 0 Å². The standard InChI is InChI=1S/C17H22N4O2/c22-17(15-3-8-23-13-15)21-11-14(9-19-5-1-2-6-19)10-20-7-4-18-16(20)12-21/h3-4,7-8,13-14H,1-2,5-6,9-12H2/t14-/m0/s1. The zero-order chi connectivity index (χ0) is 15.6. The summed E-state index contributed by atoms with van der Waals surface area (Å²) in [4.78, 5) is 21.6. The lowest BCUT2D eigenvalue weighted by Gasteiger charge is -2.27. The normalized spacial score (nSPS) is 22.1. The molecule has 6 heteroatoms. The van der Waals surface area contributed by atoms with Gasteiger partial charge in [0.1, 0.15) is 12.1 Å². The SMILES string of the molecule is O=C(c1ccoc1)N1Cc2nccn2C[C@H](CN2CCCC2)C1. The van der Waals surface area contributed by atoms with Crippen LogP contribution in [0.15, 0.2) is 35.4 Å². The van der Waals surface area contributed by atoms with Gasteiger partial charge in [-0.05, 0) is 32.0 Å². The first-order chi connectivity index (χ1) is 11.3. The van der Waals surface area contributed by atoms with Gasteiger partial charge in [0.25, 0.3) is 5.91 Å². The molecule has 0 bridgehead atoms. The number of carbonyl (C=O) groups is 1. The number of carbonyl (C=O) groups excluding carboxylic acids is 1. The van der Waals surface area contributed by atoms with E-state index in [1.165, 1.54) is 32.2 Å². The summed E-state index contributed by atoms with van der Waals surface area (Å²) < 4.78 is 7.27. The molecule has 2 aliphatic rings. The van der Waals surface area contributed by atoms with Gasteiger partial charge in [0.05, 0.1) is 18.4 Å². The Labute approximate surface area is 135 Å². The Hall–Kier alpha value is -2.08. The van der Waals surface area contributed by atoms with Gasteiger partial charge in [0.15, 0.2) is 0 Å². The van der Waals surface area contributed by atoms with Crippen LogP contribution in [0.4, 0.5) is 0 Å². The van der Waals surface area contributed by atoms with E-state index in [9.17, 15) is 4.79 Å². The smallest absolute Gasteiger partial charge is 0.257 e. The predicted molar refractivity (Wildman–Crippen MR) is 84.8 cm³/mol. The van der Waals surface area contributed by atoms with E-state index < -0.39 is 0 Å². The Bertz CT molecular complexity index is 658. The van der Waals surface area contributed by atoms with Gasteiger partial charge in [-0.15, -0.1) is 0 Å². The van der Waals surface area contributed by atoms with Crippen LogP contribution in [0.3, 0.4) is 0 Å². The van der Waals surface area contributed by atoms with Crippen LogP contribution < -0.4 is 0 Å². The summed E-state index contributed by atoms with van der Waals surface area (Å²) in [5.74, 6) is 1.42. The molecule has 1 fully saturated rings. The Balaban J connectivity index is 1.55. The number of rotatable bonds is 3. The molecule has 0 saturated carbocycles. The maximum Gasteiger partial charge on any atom is 0.257 e. The molecule has 6 nitrogen and oxygen atoms in total. The van der Waals surface area contributed by atoms with Crippen LogP contribution in [0.2, 0.25) is 0 Å². The fourth-order valence-corrected chi connectivity index (χ4v) is 3.71. The lowest BCUT2D eigenvalue weighted by molar-refractivity contribution is 0.0706. The van der Waals surface area contributed by atoms with Gasteiger partial charge in [0, 0.05) is 37.9 Å². The van der Waals surface area contributed by atoms with Gasteiger partial charge in [-0.2, -0.15) is 0 Å². The second-order valence-electron chi connectivity index (χ2n) is 6.57. The molecule has 2 aliphatic heterocycles. The number of likely N-dealkylation sites (tertiary alicyclic amines) is 1. The summed E-state index contributed by atoms with van der Waals surface area (Å²) in [7, 11) is 0. The molecule has 0 aromatic carbocycles. The maximum absolute atomic E-state index is 12.7. The molecule has 4 heterocycles. The highest BCUT2D eigenvalue weighted by atomic mass is 16.3. The van der Waals surface area contributed by atoms with Gasteiger partial charge in [-0.1, -0.05) is 0 Å². The maximum atomic E-state index is 12.7. The molecule has 2 aromatic rings. The first-order valence-electron chi connectivity index (χ1n) is 8.33. The minimum Gasteiger partial charge on any atom is -0.472 e. The average molecular weight is 314 g/mol. The highest BCUT2D eigenvalue weighted by Gasteiger charge is 2.28. The number of hydrogen-bond acceptors (Lipinski definition) is 4. The van der Waals surface area contributed by atoms with Gasteiger partial charge >= 0.3 is 0 Å². The van der Waals surface area contributed by atoms with Crippen molar-refractivity contribution in [3.8, 4) is 0 Å². The monoisotopic (exact) mass is 314 g/mol. The first kappa shape index (κ1) is 14.5. The van der Waals surface area contributed by atoms with E-state index in [0.29, 0.717) is 18.0 Å². The fraction of sp³-hybridized carbons (Fsp3) is 0.529. The quantitative estimate of drug-likeness (QED) is 0.867. The highest BCUT2D eigenvalue weighted by molar-refractivity contribution is 5.93. The summed E-state index contributed by atoms with van der Waals surface area (Å²) in [6, 6.07) is 1.73. The Morgan fingerprint density at radius 3 is 2.96 bits per heavy atom. The number of amides is 1. The van der Waals surface area contributed by atoms with Crippen LogP contribution in [0.5, 0.6) is 0 Å². The molecule has 4 rings (SSSR count). The molecule has 122 valence electrons. The summed E-state index contributed by atoms with van der Waals surface area (Å²) in [5.41, 5.74) is 0.616. The zero-order valence-corrected chi connectivity index (χ0v) is 13.2. The molecule has 1 atom stereocenters. The topological polar surface area (TPSA) is 54.5 Å². The van der Waals surface area contributed by atoms with Crippen molar-refractivity contribution < 1.29 is 9.21 Å². The summed E-state index contributed by atoms with van der Waals surface area (Å²) in [5, 5.41) is 0. The molecule has 0 unspecified atom stereocenters. The van der Waals surface area contributed by atoms with Crippen molar-refractivity contribution in [2.45, 2.75) is 25.9 Å². The highest BCUT2D eigenvalue weighted by Crippen LogP contribution is 2.20. The van der Waals surface area contributed by atoms with Crippen molar-refractivity contribution in [3.05, 3.63) is 42.4 Å². The minimum absolute atomic E-state index is 0.0293. The third kappa shape index (κ3) is 3.03. The molecule has 2 aromatic heterocycles. The number of nitrogens with zero attached hydrogens (tertiary/aromatic N) is 4. The number of imidazole rings is 1. The van der Waals surface area contributed by atoms with Crippen LogP contribution in [0, 0.1) is 5.92 Å². The van der Waals surface area contributed by atoms with Crippen LogP contribution in [-0.2, 0) is 13.1 Å². The lowest BCUT2D eigenvalue weighted by Crippen LogP contribution is -2.38. The van der Waals surface area contributed by atoms with Crippen LogP contribution in [0.1, 0.15) is 29.0 Å². The Kier molecular flexibility index (Phi) is 3.91. The fourth-order valence-electron chi connectivity index (χ4n) is 3.71. The van der Waals surface area contributed by atoms with Crippen molar-refractivity contribution >= 4 is 5.91 Å². The van der Waals surface area contributed by atoms with E-state index in [0.717, 1.165) is 25.5 Å². The second-order valence-corrected chi connectivity index (χ2v) is 6.57. The molecule has 1 saturated heterocycles. The lowest BCUT2D eigenvalue weighted by atomic mass is 10.1. The molecular weight excluding hydrogens is 292 g/mol. The first-order valence-corrected chi connectivity index (χ1v) is 8.33. The molecular formula is C17H22N4O2.